The topological polar surface area (TPSA) is 20.2 Å². The van der Waals surface area contributed by atoms with Gasteiger partial charge in [0.05, 0.1) is 5.60 Å². The van der Waals surface area contributed by atoms with Crippen molar-refractivity contribution in [1.29, 1.82) is 0 Å². The van der Waals surface area contributed by atoms with Crippen molar-refractivity contribution in [2.24, 2.45) is 0 Å². The van der Waals surface area contributed by atoms with Crippen molar-refractivity contribution in [3.8, 4) is 0 Å². The molecule has 1 aromatic carbocycles. The SMILES string of the molecule is CSc1cc(C)c(C)c(CC2(O)CC2)c1. The van der Waals surface area contributed by atoms with Gasteiger partial charge in [0.2, 0.25) is 0 Å². The fraction of sp³-hybridized carbons (Fsp3) is 0.538. The summed E-state index contributed by atoms with van der Waals surface area (Å²) in [6.07, 6.45) is 4.86. The van der Waals surface area contributed by atoms with Gasteiger partial charge in [-0.1, -0.05) is 0 Å². The van der Waals surface area contributed by atoms with Crippen LogP contribution in [-0.4, -0.2) is 17.0 Å². The van der Waals surface area contributed by atoms with E-state index in [1.165, 1.54) is 21.6 Å². The first-order chi connectivity index (χ1) is 7.04. The maximum atomic E-state index is 9.95. The second kappa shape index (κ2) is 3.84. The van der Waals surface area contributed by atoms with Crippen LogP contribution in [0.1, 0.15) is 29.5 Å². The third-order valence-corrected chi connectivity index (χ3v) is 4.04. The van der Waals surface area contributed by atoms with Crippen LogP contribution >= 0.6 is 11.8 Å². The van der Waals surface area contributed by atoms with Crippen LogP contribution in [0.4, 0.5) is 0 Å². The molecule has 0 spiro atoms. The quantitative estimate of drug-likeness (QED) is 0.793. The van der Waals surface area contributed by atoms with Gasteiger partial charge in [-0.05, 0) is 61.8 Å². The largest absolute Gasteiger partial charge is 0.390 e. The maximum absolute atomic E-state index is 9.95. The van der Waals surface area contributed by atoms with E-state index in [0.29, 0.717) is 0 Å². The van der Waals surface area contributed by atoms with Crippen molar-refractivity contribution < 1.29 is 5.11 Å². The molecule has 0 radical (unpaired) electrons. The number of hydrogen-bond donors (Lipinski definition) is 1. The summed E-state index contributed by atoms with van der Waals surface area (Å²) in [5.41, 5.74) is 3.61. The Morgan fingerprint density at radius 2 is 2.00 bits per heavy atom. The predicted molar refractivity (Wildman–Crippen MR) is 65.6 cm³/mol. The van der Waals surface area contributed by atoms with Gasteiger partial charge in [-0.2, -0.15) is 0 Å². The Hall–Kier alpha value is -0.470. The number of hydrogen-bond acceptors (Lipinski definition) is 2. The van der Waals surface area contributed by atoms with E-state index in [2.05, 4.69) is 32.2 Å². The zero-order valence-corrected chi connectivity index (χ0v) is 10.4. The summed E-state index contributed by atoms with van der Waals surface area (Å²) in [5.74, 6) is 0. The maximum Gasteiger partial charge on any atom is 0.0690 e. The summed E-state index contributed by atoms with van der Waals surface area (Å²) in [5, 5.41) is 9.95. The Morgan fingerprint density at radius 3 is 2.53 bits per heavy atom. The number of aliphatic hydroxyl groups is 1. The van der Waals surface area contributed by atoms with Crippen molar-refractivity contribution in [3.05, 3.63) is 28.8 Å². The third-order valence-electron chi connectivity index (χ3n) is 3.33. The highest BCUT2D eigenvalue weighted by atomic mass is 32.2. The molecular weight excluding hydrogens is 204 g/mol. The molecule has 0 aliphatic heterocycles. The molecule has 1 nitrogen and oxygen atoms in total. The summed E-state index contributed by atoms with van der Waals surface area (Å²) in [4.78, 5) is 1.30. The van der Waals surface area contributed by atoms with Crippen LogP contribution in [0.25, 0.3) is 0 Å². The van der Waals surface area contributed by atoms with Crippen molar-refractivity contribution in [2.45, 2.75) is 43.6 Å². The Bertz CT molecular complexity index is 380. The average Bonchev–Trinajstić information content (AvgIpc) is 2.91. The molecule has 1 aliphatic carbocycles. The standard InChI is InChI=1S/C13H18OS/c1-9-6-12(15-3)7-11(10(9)2)8-13(14)4-5-13/h6-7,14H,4-5,8H2,1-3H3. The van der Waals surface area contributed by atoms with E-state index in [1.54, 1.807) is 11.8 Å². The van der Waals surface area contributed by atoms with E-state index < -0.39 is 0 Å². The summed E-state index contributed by atoms with van der Waals surface area (Å²) in [6, 6.07) is 4.45. The fourth-order valence-electron chi connectivity index (χ4n) is 1.87. The highest BCUT2D eigenvalue weighted by molar-refractivity contribution is 7.98. The first kappa shape index (κ1) is 11.0. The number of thioether (sulfide) groups is 1. The van der Waals surface area contributed by atoms with Gasteiger partial charge in [-0.25, -0.2) is 0 Å². The second-order valence-electron chi connectivity index (χ2n) is 4.63. The van der Waals surface area contributed by atoms with Gasteiger partial charge in [0.15, 0.2) is 0 Å². The molecule has 0 atom stereocenters. The van der Waals surface area contributed by atoms with Crippen molar-refractivity contribution in [3.63, 3.8) is 0 Å². The number of aryl methyl sites for hydroxylation is 1. The van der Waals surface area contributed by atoms with Crippen LogP contribution in [0, 0.1) is 13.8 Å². The summed E-state index contributed by atoms with van der Waals surface area (Å²) >= 11 is 1.77. The van der Waals surface area contributed by atoms with Crippen LogP contribution in [0.3, 0.4) is 0 Å². The highest BCUT2D eigenvalue weighted by Crippen LogP contribution is 2.39. The Balaban J connectivity index is 2.31. The Labute approximate surface area is 95.9 Å². The summed E-state index contributed by atoms with van der Waals surface area (Å²) in [7, 11) is 0. The molecule has 15 heavy (non-hydrogen) atoms. The molecule has 1 aromatic rings. The van der Waals surface area contributed by atoms with Crippen molar-refractivity contribution >= 4 is 11.8 Å². The zero-order chi connectivity index (χ0) is 11.1. The smallest absolute Gasteiger partial charge is 0.0690 e. The normalized spacial score (nSPS) is 17.9. The van der Waals surface area contributed by atoms with E-state index in [4.69, 9.17) is 0 Å². The second-order valence-corrected chi connectivity index (χ2v) is 5.51. The molecule has 82 valence electrons. The number of benzene rings is 1. The first-order valence-electron chi connectivity index (χ1n) is 5.40. The molecule has 2 heteroatoms. The lowest BCUT2D eigenvalue weighted by Crippen LogP contribution is -2.12. The van der Waals surface area contributed by atoms with E-state index in [-0.39, 0.29) is 5.60 Å². The zero-order valence-electron chi connectivity index (χ0n) is 9.63. The summed E-state index contributed by atoms with van der Waals surface area (Å²) < 4.78 is 0. The molecule has 1 N–H and O–H groups in total. The minimum Gasteiger partial charge on any atom is -0.390 e. The van der Waals surface area contributed by atoms with E-state index >= 15 is 0 Å². The van der Waals surface area contributed by atoms with Gasteiger partial charge in [-0.3, -0.25) is 0 Å². The molecule has 1 saturated carbocycles. The van der Waals surface area contributed by atoms with Gasteiger partial charge < -0.3 is 5.11 Å². The molecule has 0 heterocycles. The number of rotatable bonds is 3. The van der Waals surface area contributed by atoms with Gasteiger partial charge >= 0.3 is 0 Å². The minimum absolute atomic E-state index is 0.381. The van der Waals surface area contributed by atoms with E-state index in [0.717, 1.165) is 19.3 Å². The molecule has 2 rings (SSSR count). The monoisotopic (exact) mass is 222 g/mol. The van der Waals surface area contributed by atoms with Crippen LogP contribution in [0.5, 0.6) is 0 Å². The van der Waals surface area contributed by atoms with Crippen LogP contribution in [0.15, 0.2) is 17.0 Å². The van der Waals surface area contributed by atoms with Crippen LogP contribution in [-0.2, 0) is 6.42 Å². The molecule has 0 aromatic heterocycles. The van der Waals surface area contributed by atoms with Crippen LogP contribution in [0.2, 0.25) is 0 Å². The predicted octanol–water partition coefficient (Wildman–Crippen LogP) is 3.09. The van der Waals surface area contributed by atoms with Crippen molar-refractivity contribution in [1.82, 2.24) is 0 Å². The minimum atomic E-state index is -0.381. The average molecular weight is 222 g/mol. The van der Waals surface area contributed by atoms with Crippen molar-refractivity contribution in [2.75, 3.05) is 6.26 Å². The molecular formula is C13H18OS. The lowest BCUT2D eigenvalue weighted by Gasteiger charge is -2.14. The Morgan fingerprint density at radius 1 is 1.33 bits per heavy atom. The van der Waals surface area contributed by atoms with E-state index in [9.17, 15) is 5.11 Å². The van der Waals surface area contributed by atoms with Gasteiger partial charge in [0.25, 0.3) is 0 Å². The van der Waals surface area contributed by atoms with Gasteiger partial charge in [0, 0.05) is 11.3 Å². The first-order valence-corrected chi connectivity index (χ1v) is 6.63. The molecule has 1 fully saturated rings. The van der Waals surface area contributed by atoms with Gasteiger partial charge in [0.1, 0.15) is 0 Å². The van der Waals surface area contributed by atoms with E-state index in [1.807, 2.05) is 0 Å². The fourth-order valence-corrected chi connectivity index (χ4v) is 2.43. The lowest BCUT2D eigenvalue weighted by atomic mass is 9.98. The Kier molecular flexibility index (Phi) is 2.82. The van der Waals surface area contributed by atoms with Crippen LogP contribution < -0.4 is 0 Å². The molecule has 0 bridgehead atoms. The highest BCUT2D eigenvalue weighted by Gasteiger charge is 2.40. The summed E-state index contributed by atoms with van der Waals surface area (Å²) in [6.45, 7) is 4.30. The molecule has 0 unspecified atom stereocenters. The van der Waals surface area contributed by atoms with Gasteiger partial charge in [-0.15, -0.1) is 11.8 Å². The molecule has 1 aliphatic rings. The molecule has 0 amide bonds. The third kappa shape index (κ3) is 2.37. The molecule has 0 saturated heterocycles. The lowest BCUT2D eigenvalue weighted by molar-refractivity contribution is 0.150.